The fourth-order valence-corrected chi connectivity index (χ4v) is 12.4. The van der Waals surface area contributed by atoms with Crippen LogP contribution >= 0.6 is 0 Å². The Hall–Kier alpha value is -6.07. The van der Waals surface area contributed by atoms with Crippen LogP contribution in [0.25, 0.3) is 29.4 Å². The summed E-state index contributed by atoms with van der Waals surface area (Å²) in [6.45, 7) is 0. The first kappa shape index (κ1) is 34.8. The first-order valence-electron chi connectivity index (χ1n) is 22.4. The van der Waals surface area contributed by atoms with E-state index >= 15 is 4.39 Å². The van der Waals surface area contributed by atoms with E-state index in [4.69, 9.17) is 9.97 Å². The van der Waals surface area contributed by atoms with Gasteiger partial charge in [0.15, 0.2) is 0 Å². The number of fused-ring (bicyclic) bond motifs is 11. The Balaban J connectivity index is 0.939. The van der Waals surface area contributed by atoms with Gasteiger partial charge in [0.2, 0.25) is 5.95 Å². The van der Waals surface area contributed by atoms with Crippen LogP contribution in [-0.2, 0) is 6.42 Å². The maximum atomic E-state index is 15.2. The molecule has 6 atom stereocenters. The number of allylic oxidation sites excluding steroid dienone is 6. The molecule has 294 valence electrons. The van der Waals surface area contributed by atoms with Crippen molar-refractivity contribution in [1.29, 1.82) is 0 Å². The van der Waals surface area contributed by atoms with Crippen molar-refractivity contribution < 1.29 is 4.39 Å². The standard InChI is InChI=1S/C55H47FN4/c56-36-25-28-42-46(32-36)52-38-15-5-4-12-33(38)22-27-44(52)53(42)54-43-18-6-9-19-47(43)57-55(58-54)60-49-21-11-7-16-39(49)41-26-23-35(31-51(41)60)34-24-29-50-45(30-34)40-17-8-10-20-48(40)59(50)37-13-2-1-3-14-37/h1-3,5,7-8,13-19,22-29,31-32,34,39,45,49-50,53H,4,6,9-12,20-21,30H2. The van der Waals surface area contributed by atoms with Crippen LogP contribution in [0.2, 0.25) is 0 Å². The molecule has 0 radical (unpaired) electrons. The molecule has 1 aromatic heterocycles. The molecule has 0 saturated carbocycles. The lowest BCUT2D eigenvalue weighted by atomic mass is 9.76. The highest BCUT2D eigenvalue weighted by Gasteiger charge is 2.45. The minimum atomic E-state index is -0.193. The van der Waals surface area contributed by atoms with E-state index < -0.39 is 0 Å². The van der Waals surface area contributed by atoms with Crippen LogP contribution in [0.1, 0.15) is 108 Å². The van der Waals surface area contributed by atoms with Crippen molar-refractivity contribution >= 4 is 35.6 Å². The topological polar surface area (TPSA) is 32.3 Å². The summed E-state index contributed by atoms with van der Waals surface area (Å²) < 4.78 is 15.2. The van der Waals surface area contributed by atoms with Gasteiger partial charge in [-0.1, -0.05) is 109 Å². The highest BCUT2D eigenvalue weighted by molar-refractivity contribution is 5.89. The molecular formula is C55H47FN4. The average Bonchev–Trinajstić information content (AvgIpc) is 3.94. The lowest BCUT2D eigenvalue weighted by Gasteiger charge is -2.35. The zero-order valence-corrected chi connectivity index (χ0v) is 33.8. The molecule has 3 heterocycles. The average molecular weight is 783 g/mol. The minimum Gasteiger partial charge on any atom is -0.337 e. The van der Waals surface area contributed by atoms with Gasteiger partial charge < -0.3 is 9.80 Å². The maximum absolute atomic E-state index is 15.2. The summed E-state index contributed by atoms with van der Waals surface area (Å²) in [5.41, 5.74) is 16.5. The smallest absolute Gasteiger partial charge is 0.231 e. The second-order valence-corrected chi connectivity index (χ2v) is 18.1. The summed E-state index contributed by atoms with van der Waals surface area (Å²) in [4.78, 5) is 16.4. The molecule has 0 saturated heterocycles. The minimum absolute atomic E-state index is 0.111. The number of para-hydroxylation sites is 1. The fourth-order valence-electron chi connectivity index (χ4n) is 12.4. The van der Waals surface area contributed by atoms with Gasteiger partial charge in [0.1, 0.15) is 5.82 Å². The molecule has 2 aliphatic heterocycles. The number of benzene rings is 4. The molecule has 0 N–H and O–H groups in total. The van der Waals surface area contributed by atoms with E-state index in [2.05, 4.69) is 131 Å². The lowest BCUT2D eigenvalue weighted by Crippen LogP contribution is -2.40. The van der Waals surface area contributed by atoms with Crippen molar-refractivity contribution in [3.8, 4) is 11.1 Å². The van der Waals surface area contributed by atoms with Gasteiger partial charge >= 0.3 is 0 Å². The van der Waals surface area contributed by atoms with Crippen molar-refractivity contribution in [3.05, 3.63) is 188 Å². The summed E-state index contributed by atoms with van der Waals surface area (Å²) in [5, 5.41) is 2.16. The van der Waals surface area contributed by atoms with E-state index in [0.29, 0.717) is 17.9 Å². The second kappa shape index (κ2) is 13.5. The molecule has 0 fully saturated rings. The van der Waals surface area contributed by atoms with Crippen LogP contribution in [0.5, 0.6) is 0 Å². The van der Waals surface area contributed by atoms with E-state index in [0.717, 1.165) is 91.1 Å². The van der Waals surface area contributed by atoms with Crippen molar-refractivity contribution in [2.75, 3.05) is 9.80 Å². The van der Waals surface area contributed by atoms with Crippen molar-refractivity contribution in [1.82, 2.24) is 9.97 Å². The van der Waals surface area contributed by atoms with E-state index in [-0.39, 0.29) is 23.7 Å². The zero-order valence-electron chi connectivity index (χ0n) is 33.8. The molecule has 8 aliphatic rings. The molecule has 0 bridgehead atoms. The van der Waals surface area contributed by atoms with E-state index in [1.165, 1.54) is 56.0 Å². The van der Waals surface area contributed by atoms with Gasteiger partial charge in [-0.05, 0) is 138 Å². The van der Waals surface area contributed by atoms with Crippen LogP contribution < -0.4 is 20.4 Å². The first-order chi connectivity index (χ1) is 29.7. The van der Waals surface area contributed by atoms with E-state index in [9.17, 15) is 0 Å². The Morgan fingerprint density at radius 3 is 2.52 bits per heavy atom. The van der Waals surface area contributed by atoms with E-state index in [1.54, 1.807) is 12.1 Å². The molecule has 0 amide bonds. The summed E-state index contributed by atoms with van der Waals surface area (Å²) in [6, 6.07) is 28.9. The summed E-state index contributed by atoms with van der Waals surface area (Å²) >= 11 is 0. The van der Waals surface area contributed by atoms with Crippen molar-refractivity contribution in [3.63, 3.8) is 0 Å². The molecule has 4 nitrogen and oxygen atoms in total. The van der Waals surface area contributed by atoms with Crippen LogP contribution in [-0.4, -0.2) is 22.1 Å². The summed E-state index contributed by atoms with van der Waals surface area (Å²) in [5.74, 6) is 1.54. The van der Waals surface area contributed by atoms with Gasteiger partial charge in [0, 0.05) is 46.1 Å². The monoisotopic (exact) mass is 782 g/mol. The highest BCUT2D eigenvalue weighted by atomic mass is 19.1. The lowest BCUT2D eigenvalue weighted by molar-refractivity contribution is 0.485. The van der Waals surface area contributed by atoms with Crippen LogP contribution in [0.3, 0.4) is 0 Å². The van der Waals surface area contributed by atoms with Crippen molar-refractivity contribution in [2.45, 2.75) is 87.6 Å². The molecule has 5 aromatic rings. The Morgan fingerprint density at radius 2 is 1.57 bits per heavy atom. The quantitative estimate of drug-likeness (QED) is 0.167. The third-order valence-electron chi connectivity index (χ3n) is 15.0. The van der Waals surface area contributed by atoms with Crippen LogP contribution in [0.4, 0.5) is 21.7 Å². The molecule has 4 aromatic carbocycles. The van der Waals surface area contributed by atoms with Gasteiger partial charge in [0.25, 0.3) is 0 Å². The van der Waals surface area contributed by atoms with Gasteiger partial charge in [-0.25, -0.2) is 14.4 Å². The van der Waals surface area contributed by atoms with Crippen LogP contribution in [0.15, 0.2) is 133 Å². The van der Waals surface area contributed by atoms with Gasteiger partial charge in [-0.3, -0.25) is 0 Å². The zero-order chi connectivity index (χ0) is 39.5. The number of hydrogen-bond donors (Lipinski definition) is 0. The third kappa shape index (κ3) is 5.14. The Morgan fingerprint density at radius 1 is 0.700 bits per heavy atom. The number of halogens is 1. The molecule has 13 rings (SSSR count). The first-order valence-corrected chi connectivity index (χ1v) is 22.4. The molecule has 6 unspecified atom stereocenters. The molecule has 0 spiro atoms. The SMILES string of the molecule is Fc1ccc2c(c1)-c1c(ccc3c1C=CCC3)C2c1nc(N2c3cc(C4C=CC5C(C4)C4=C(CCC=C4)N5c4ccccc4)ccc3C3C=CCCC32)nc2c1=CCCC=2. The maximum Gasteiger partial charge on any atom is 0.231 e. The predicted octanol–water partition coefficient (Wildman–Crippen LogP) is 11.2. The molecule has 5 heteroatoms. The van der Waals surface area contributed by atoms with E-state index in [1.807, 2.05) is 6.07 Å². The number of hydrogen-bond acceptors (Lipinski definition) is 4. The van der Waals surface area contributed by atoms with Gasteiger partial charge in [-0.15, -0.1) is 0 Å². The molecular weight excluding hydrogens is 736 g/mol. The number of nitrogens with zero attached hydrogens (tertiary/aromatic N) is 4. The Labute approximate surface area is 351 Å². The Bertz CT molecular complexity index is 2930. The van der Waals surface area contributed by atoms with Crippen LogP contribution in [0, 0.1) is 11.7 Å². The Kier molecular flexibility index (Phi) is 7.80. The summed E-state index contributed by atoms with van der Waals surface area (Å²) in [6.07, 6.45) is 33.2. The second-order valence-electron chi connectivity index (χ2n) is 18.1. The normalized spacial score (nSPS) is 26.0. The summed E-state index contributed by atoms with van der Waals surface area (Å²) in [7, 11) is 0. The number of aryl methyl sites for hydroxylation is 1. The predicted molar refractivity (Wildman–Crippen MR) is 241 cm³/mol. The number of anilines is 3. The van der Waals surface area contributed by atoms with Gasteiger partial charge in [0.05, 0.1) is 23.0 Å². The van der Waals surface area contributed by atoms with Crippen molar-refractivity contribution in [2.24, 2.45) is 5.92 Å². The number of aromatic nitrogens is 2. The fraction of sp³-hybridized carbons (Fsp3) is 0.273. The van der Waals surface area contributed by atoms with Gasteiger partial charge in [-0.2, -0.15) is 0 Å². The number of rotatable bonds is 4. The largest absolute Gasteiger partial charge is 0.337 e. The highest BCUT2D eigenvalue weighted by Crippen LogP contribution is 2.54. The molecule has 6 aliphatic carbocycles. The third-order valence-corrected chi connectivity index (χ3v) is 15.0. The molecule has 60 heavy (non-hydrogen) atoms.